The second kappa shape index (κ2) is 8.62. The fourth-order valence-corrected chi connectivity index (χ4v) is 5.87. The van der Waals surface area contributed by atoms with Crippen molar-refractivity contribution < 1.29 is 5.11 Å². The van der Waals surface area contributed by atoms with Crippen LogP contribution in [0.5, 0.6) is 0 Å². The van der Waals surface area contributed by atoms with Crippen LogP contribution < -0.4 is 5.32 Å². The molecule has 0 amide bonds. The van der Waals surface area contributed by atoms with Crippen LogP contribution in [0.1, 0.15) is 44.7 Å². The van der Waals surface area contributed by atoms with Crippen molar-refractivity contribution in [3.63, 3.8) is 0 Å². The molecule has 2 N–H and O–H groups in total. The summed E-state index contributed by atoms with van der Waals surface area (Å²) in [6.45, 7) is 6.58. The first-order valence-corrected chi connectivity index (χ1v) is 11.0. The predicted octanol–water partition coefficient (Wildman–Crippen LogP) is 3.96. The summed E-state index contributed by atoms with van der Waals surface area (Å²) in [4.78, 5) is 2.49. The number of aliphatic hydroxyl groups is 1. The number of thioether (sulfide) groups is 1. The summed E-state index contributed by atoms with van der Waals surface area (Å²) in [6.07, 6.45) is 3.58. The van der Waals surface area contributed by atoms with E-state index in [-0.39, 0.29) is 12.1 Å². The van der Waals surface area contributed by atoms with E-state index in [1.807, 2.05) is 12.1 Å². The Labute approximate surface area is 161 Å². The molecule has 1 aromatic carbocycles. The molecular formula is C20H31ClN2OS. The van der Waals surface area contributed by atoms with E-state index < -0.39 is 0 Å². The lowest BCUT2D eigenvalue weighted by Crippen LogP contribution is -2.45. The summed E-state index contributed by atoms with van der Waals surface area (Å²) in [5.74, 6) is 3.06. The Balaban J connectivity index is 1.78. The third kappa shape index (κ3) is 4.36. The van der Waals surface area contributed by atoms with Crippen molar-refractivity contribution in [2.45, 2.75) is 50.7 Å². The molecule has 0 spiro atoms. The summed E-state index contributed by atoms with van der Waals surface area (Å²) in [5, 5.41) is 14.7. The van der Waals surface area contributed by atoms with Crippen LogP contribution >= 0.6 is 23.4 Å². The molecule has 3 rings (SSSR count). The second-order valence-electron chi connectivity index (χ2n) is 7.70. The van der Waals surface area contributed by atoms with Gasteiger partial charge in [-0.05, 0) is 67.9 Å². The molecule has 3 atom stereocenters. The minimum atomic E-state index is -0.145. The maximum Gasteiger partial charge on any atom is 0.0613 e. The number of halogens is 1. The van der Waals surface area contributed by atoms with Crippen molar-refractivity contribution in [2.75, 3.05) is 31.2 Å². The van der Waals surface area contributed by atoms with Gasteiger partial charge in [0.1, 0.15) is 0 Å². The Morgan fingerprint density at radius 1 is 1.28 bits per heavy atom. The highest BCUT2D eigenvalue weighted by Crippen LogP contribution is 2.46. The van der Waals surface area contributed by atoms with Crippen LogP contribution in [0.3, 0.4) is 0 Å². The summed E-state index contributed by atoms with van der Waals surface area (Å²) in [6, 6.07) is 9.28. The molecule has 2 aliphatic rings. The van der Waals surface area contributed by atoms with Crippen LogP contribution in [0.15, 0.2) is 24.3 Å². The van der Waals surface area contributed by atoms with Gasteiger partial charge in [0.15, 0.2) is 0 Å². The number of aliphatic hydroxyl groups excluding tert-OH is 1. The Morgan fingerprint density at radius 3 is 2.56 bits per heavy atom. The average molecular weight is 383 g/mol. The minimum Gasteiger partial charge on any atom is -0.394 e. The van der Waals surface area contributed by atoms with E-state index in [0.717, 1.165) is 24.5 Å². The molecule has 2 fully saturated rings. The zero-order chi connectivity index (χ0) is 17.9. The van der Waals surface area contributed by atoms with Crippen LogP contribution in [-0.2, 0) is 0 Å². The Morgan fingerprint density at radius 2 is 1.96 bits per heavy atom. The highest BCUT2D eigenvalue weighted by atomic mass is 35.5. The summed E-state index contributed by atoms with van der Waals surface area (Å²) < 4.78 is 0. The smallest absolute Gasteiger partial charge is 0.0613 e. The van der Waals surface area contributed by atoms with Crippen LogP contribution in [0.2, 0.25) is 5.02 Å². The van der Waals surface area contributed by atoms with Crippen molar-refractivity contribution in [2.24, 2.45) is 5.92 Å². The number of hydrogen-bond acceptors (Lipinski definition) is 4. The highest BCUT2D eigenvalue weighted by molar-refractivity contribution is 7.99. The zero-order valence-corrected chi connectivity index (χ0v) is 17.0. The molecule has 2 saturated heterocycles. The van der Waals surface area contributed by atoms with Crippen molar-refractivity contribution in [3.8, 4) is 0 Å². The topological polar surface area (TPSA) is 35.5 Å². The lowest BCUT2D eigenvalue weighted by Gasteiger charge is -2.37. The average Bonchev–Trinajstić information content (AvgIpc) is 2.94. The van der Waals surface area contributed by atoms with Crippen molar-refractivity contribution >= 4 is 23.4 Å². The van der Waals surface area contributed by atoms with Crippen molar-refractivity contribution in [1.29, 1.82) is 0 Å². The van der Waals surface area contributed by atoms with E-state index in [1.165, 1.54) is 29.9 Å². The predicted molar refractivity (Wildman–Crippen MR) is 109 cm³/mol. The third-order valence-corrected chi connectivity index (χ3v) is 7.26. The number of likely N-dealkylation sites (N-methyl/N-ethyl adjacent to an activating group) is 1. The molecule has 0 unspecified atom stereocenters. The van der Waals surface area contributed by atoms with Gasteiger partial charge in [-0.2, -0.15) is 11.8 Å². The first-order chi connectivity index (χ1) is 12.1. The Hall–Kier alpha value is -0.260. The maximum absolute atomic E-state index is 10.1. The molecule has 140 valence electrons. The summed E-state index contributed by atoms with van der Waals surface area (Å²) in [7, 11) is 0. The summed E-state index contributed by atoms with van der Waals surface area (Å²) >= 11 is 8.17. The first kappa shape index (κ1) is 19.5. The lowest BCUT2D eigenvalue weighted by molar-refractivity contribution is 0.0579. The number of likely N-dealkylation sites (tertiary alicyclic amines) is 1. The molecule has 5 heteroatoms. The SMILES string of the molecule is CCN1[C@@H](c2ccc(Cl)cc2)[C@@H](CNC2CCSCC2)C[C@@]1(C)CO. The molecule has 25 heavy (non-hydrogen) atoms. The Kier molecular flexibility index (Phi) is 6.72. The monoisotopic (exact) mass is 382 g/mol. The van der Waals surface area contributed by atoms with E-state index in [0.29, 0.717) is 18.0 Å². The minimum absolute atomic E-state index is 0.145. The number of nitrogens with one attached hydrogen (secondary N) is 1. The quantitative estimate of drug-likeness (QED) is 0.780. The number of hydrogen-bond donors (Lipinski definition) is 2. The standard InChI is InChI=1S/C20H31ClN2OS/c1-3-23-19(15-4-6-17(21)7-5-15)16(12-20(23,2)14-24)13-22-18-8-10-25-11-9-18/h4-7,16,18-19,22,24H,3,8-14H2,1-2H3/t16-,19+,20+/m1/s1. The highest BCUT2D eigenvalue weighted by Gasteiger charge is 2.48. The van der Waals surface area contributed by atoms with Crippen LogP contribution in [0.25, 0.3) is 0 Å². The van der Waals surface area contributed by atoms with Gasteiger partial charge in [0.05, 0.1) is 6.61 Å². The molecule has 0 saturated carbocycles. The number of rotatable bonds is 6. The molecular weight excluding hydrogens is 352 g/mol. The maximum atomic E-state index is 10.1. The molecule has 2 aliphatic heterocycles. The Bertz CT molecular complexity index is 549. The van der Waals surface area contributed by atoms with E-state index in [2.05, 4.69) is 48.0 Å². The van der Waals surface area contributed by atoms with Gasteiger partial charge in [0.25, 0.3) is 0 Å². The van der Waals surface area contributed by atoms with Gasteiger partial charge in [0, 0.05) is 29.2 Å². The van der Waals surface area contributed by atoms with E-state index in [4.69, 9.17) is 11.6 Å². The molecule has 0 bridgehead atoms. The number of benzene rings is 1. The number of nitrogens with zero attached hydrogens (tertiary/aromatic N) is 1. The third-order valence-electron chi connectivity index (χ3n) is 5.96. The molecule has 3 nitrogen and oxygen atoms in total. The fourth-order valence-electron chi connectivity index (χ4n) is 4.63. The van der Waals surface area contributed by atoms with E-state index >= 15 is 0 Å². The van der Waals surface area contributed by atoms with E-state index in [1.54, 1.807) is 0 Å². The second-order valence-corrected chi connectivity index (χ2v) is 9.36. The normalized spacial score (nSPS) is 31.5. The molecule has 0 aromatic heterocycles. The molecule has 2 heterocycles. The van der Waals surface area contributed by atoms with Gasteiger partial charge in [-0.1, -0.05) is 30.7 Å². The fraction of sp³-hybridized carbons (Fsp3) is 0.700. The van der Waals surface area contributed by atoms with Crippen molar-refractivity contribution in [1.82, 2.24) is 10.2 Å². The van der Waals surface area contributed by atoms with Crippen LogP contribution in [0, 0.1) is 5.92 Å². The molecule has 1 aromatic rings. The van der Waals surface area contributed by atoms with Gasteiger partial charge >= 0.3 is 0 Å². The molecule has 0 radical (unpaired) electrons. The van der Waals surface area contributed by atoms with Gasteiger partial charge in [-0.15, -0.1) is 0 Å². The van der Waals surface area contributed by atoms with Gasteiger partial charge in [-0.3, -0.25) is 4.90 Å². The van der Waals surface area contributed by atoms with Crippen LogP contribution in [-0.4, -0.2) is 52.8 Å². The molecule has 0 aliphatic carbocycles. The van der Waals surface area contributed by atoms with Gasteiger partial charge in [-0.25, -0.2) is 0 Å². The zero-order valence-electron chi connectivity index (χ0n) is 15.4. The van der Waals surface area contributed by atoms with E-state index in [9.17, 15) is 5.11 Å². The van der Waals surface area contributed by atoms with Crippen molar-refractivity contribution in [3.05, 3.63) is 34.9 Å². The lowest BCUT2D eigenvalue weighted by atomic mass is 9.90. The van der Waals surface area contributed by atoms with Crippen LogP contribution in [0.4, 0.5) is 0 Å². The summed E-state index contributed by atoms with van der Waals surface area (Å²) in [5.41, 5.74) is 1.17. The first-order valence-electron chi connectivity index (χ1n) is 9.51. The van der Waals surface area contributed by atoms with Gasteiger partial charge in [0.2, 0.25) is 0 Å². The largest absolute Gasteiger partial charge is 0.394 e. The van der Waals surface area contributed by atoms with Gasteiger partial charge < -0.3 is 10.4 Å².